The van der Waals surface area contributed by atoms with Crippen LogP contribution in [0.3, 0.4) is 0 Å². The zero-order valence-corrected chi connectivity index (χ0v) is 13.2. The molecule has 0 bridgehead atoms. The van der Waals surface area contributed by atoms with E-state index in [-0.39, 0.29) is 0 Å². The van der Waals surface area contributed by atoms with E-state index in [1.54, 1.807) is 12.1 Å². The lowest BCUT2D eigenvalue weighted by Crippen LogP contribution is -2.36. The lowest BCUT2D eigenvalue weighted by atomic mass is 10.2. The van der Waals surface area contributed by atoms with Crippen LogP contribution in [0, 0.1) is 5.92 Å². The molecule has 0 aromatic heterocycles. The van der Waals surface area contributed by atoms with Crippen molar-refractivity contribution in [1.29, 1.82) is 0 Å². The number of hydrazine groups is 1. The standard InChI is InChI=1S/C11H15BrCl2N4/c1-6(2)5-16-11(18-15)17-8-4-3-7(12)9(13)10(8)14/h3-4,6H,5,15H2,1-2H3,(H2,16,17,18). The summed E-state index contributed by atoms with van der Waals surface area (Å²) in [6, 6.07) is 3.59. The molecule has 4 N–H and O–H groups in total. The second-order valence-corrected chi connectivity index (χ2v) is 5.69. The minimum atomic E-state index is 0.415. The topological polar surface area (TPSA) is 62.4 Å². The van der Waals surface area contributed by atoms with Gasteiger partial charge in [-0.05, 0) is 34.0 Å². The summed E-state index contributed by atoms with van der Waals surface area (Å²) in [4.78, 5) is 4.29. The van der Waals surface area contributed by atoms with E-state index in [4.69, 9.17) is 29.0 Å². The Hall–Kier alpha value is -0.490. The summed E-state index contributed by atoms with van der Waals surface area (Å²) in [6.07, 6.45) is 0. The molecule has 0 spiro atoms. The van der Waals surface area contributed by atoms with Crippen molar-refractivity contribution in [3.63, 3.8) is 0 Å². The van der Waals surface area contributed by atoms with Crippen molar-refractivity contribution in [2.75, 3.05) is 11.9 Å². The number of halogens is 3. The van der Waals surface area contributed by atoms with Crippen LogP contribution in [0.4, 0.5) is 5.69 Å². The van der Waals surface area contributed by atoms with E-state index < -0.39 is 0 Å². The number of hydrogen-bond donors (Lipinski definition) is 3. The molecular formula is C11H15BrCl2N4. The molecule has 0 amide bonds. The number of rotatable bonds is 3. The van der Waals surface area contributed by atoms with Crippen LogP contribution in [0.25, 0.3) is 0 Å². The van der Waals surface area contributed by atoms with Gasteiger partial charge in [0.05, 0.1) is 15.7 Å². The molecule has 1 aromatic carbocycles. The van der Waals surface area contributed by atoms with Crippen LogP contribution < -0.4 is 16.6 Å². The van der Waals surface area contributed by atoms with Crippen molar-refractivity contribution in [2.24, 2.45) is 16.8 Å². The number of benzene rings is 1. The van der Waals surface area contributed by atoms with Crippen LogP contribution in [-0.4, -0.2) is 12.5 Å². The quantitative estimate of drug-likeness (QED) is 0.255. The molecule has 18 heavy (non-hydrogen) atoms. The summed E-state index contributed by atoms with van der Waals surface area (Å²) in [5, 5.41) is 3.86. The maximum atomic E-state index is 6.11. The summed E-state index contributed by atoms with van der Waals surface area (Å²) in [6.45, 7) is 4.80. The Labute approximate surface area is 125 Å². The van der Waals surface area contributed by atoms with Gasteiger partial charge in [0.1, 0.15) is 0 Å². The van der Waals surface area contributed by atoms with Gasteiger partial charge in [0.25, 0.3) is 0 Å². The highest BCUT2D eigenvalue weighted by atomic mass is 79.9. The van der Waals surface area contributed by atoms with Gasteiger partial charge < -0.3 is 5.32 Å². The summed E-state index contributed by atoms with van der Waals surface area (Å²) < 4.78 is 0.737. The van der Waals surface area contributed by atoms with Crippen molar-refractivity contribution in [2.45, 2.75) is 13.8 Å². The maximum absolute atomic E-state index is 6.11. The van der Waals surface area contributed by atoms with Crippen LogP contribution in [0.5, 0.6) is 0 Å². The van der Waals surface area contributed by atoms with Crippen LogP contribution in [0.1, 0.15) is 13.8 Å². The first-order chi connectivity index (χ1) is 8.45. The fraction of sp³-hybridized carbons (Fsp3) is 0.364. The first-order valence-electron chi connectivity index (χ1n) is 5.37. The Kier molecular flexibility index (Phi) is 6.21. The average Bonchev–Trinajstić information content (AvgIpc) is 2.34. The Morgan fingerprint density at radius 2 is 2.06 bits per heavy atom. The van der Waals surface area contributed by atoms with E-state index in [0.717, 1.165) is 4.47 Å². The largest absolute Gasteiger partial charge is 0.324 e. The van der Waals surface area contributed by atoms with E-state index in [0.29, 0.717) is 34.2 Å². The van der Waals surface area contributed by atoms with E-state index in [1.807, 2.05) is 0 Å². The molecule has 0 aliphatic carbocycles. The maximum Gasteiger partial charge on any atom is 0.210 e. The predicted octanol–water partition coefficient (Wildman–Crippen LogP) is 3.64. The molecule has 4 nitrogen and oxygen atoms in total. The molecule has 0 aliphatic rings. The van der Waals surface area contributed by atoms with Crippen LogP contribution in [0.15, 0.2) is 21.6 Å². The van der Waals surface area contributed by atoms with Gasteiger partial charge in [0.2, 0.25) is 5.96 Å². The minimum absolute atomic E-state index is 0.415. The molecule has 0 saturated carbocycles. The van der Waals surface area contributed by atoms with Gasteiger partial charge in [-0.2, -0.15) is 0 Å². The molecule has 7 heteroatoms. The van der Waals surface area contributed by atoms with Crippen LogP contribution >= 0.6 is 39.1 Å². The first-order valence-corrected chi connectivity index (χ1v) is 6.92. The molecule has 1 rings (SSSR count). The number of aliphatic imine (C=N–C) groups is 1. The van der Waals surface area contributed by atoms with Gasteiger partial charge >= 0.3 is 0 Å². The monoisotopic (exact) mass is 352 g/mol. The number of hydrogen-bond acceptors (Lipinski definition) is 2. The van der Waals surface area contributed by atoms with Gasteiger partial charge in [-0.3, -0.25) is 10.4 Å². The highest BCUT2D eigenvalue weighted by Gasteiger charge is 2.09. The molecular weight excluding hydrogens is 339 g/mol. The Bertz CT molecular complexity index is 449. The second kappa shape index (κ2) is 7.19. The van der Waals surface area contributed by atoms with Crippen molar-refractivity contribution in [3.8, 4) is 0 Å². The minimum Gasteiger partial charge on any atom is -0.324 e. The Morgan fingerprint density at radius 3 is 2.61 bits per heavy atom. The molecule has 0 radical (unpaired) electrons. The smallest absolute Gasteiger partial charge is 0.210 e. The lowest BCUT2D eigenvalue weighted by molar-refractivity contribution is 0.663. The summed E-state index contributed by atoms with van der Waals surface area (Å²) >= 11 is 15.4. The van der Waals surface area contributed by atoms with Crippen molar-refractivity contribution >= 4 is 50.8 Å². The molecule has 0 aliphatic heterocycles. The zero-order valence-electron chi connectivity index (χ0n) is 10.1. The van der Waals surface area contributed by atoms with Gasteiger partial charge in [-0.15, -0.1) is 0 Å². The van der Waals surface area contributed by atoms with E-state index >= 15 is 0 Å². The molecule has 0 saturated heterocycles. The van der Waals surface area contributed by atoms with Crippen LogP contribution in [-0.2, 0) is 0 Å². The van der Waals surface area contributed by atoms with Crippen molar-refractivity contribution in [1.82, 2.24) is 5.43 Å². The van der Waals surface area contributed by atoms with Gasteiger partial charge in [0.15, 0.2) is 0 Å². The van der Waals surface area contributed by atoms with Crippen LogP contribution in [0.2, 0.25) is 10.0 Å². The Morgan fingerprint density at radius 1 is 1.39 bits per heavy atom. The van der Waals surface area contributed by atoms with Gasteiger partial charge in [0, 0.05) is 11.0 Å². The highest BCUT2D eigenvalue weighted by Crippen LogP contribution is 2.35. The third-order valence-corrected chi connectivity index (χ3v) is 3.81. The summed E-state index contributed by atoms with van der Waals surface area (Å²) in [7, 11) is 0. The normalized spacial score (nSPS) is 11.8. The molecule has 0 unspecified atom stereocenters. The molecule has 0 fully saturated rings. The second-order valence-electron chi connectivity index (χ2n) is 4.08. The zero-order chi connectivity index (χ0) is 13.7. The summed E-state index contributed by atoms with van der Waals surface area (Å²) in [5.74, 6) is 6.29. The number of nitrogens with two attached hydrogens (primary N) is 1. The molecule has 0 heterocycles. The van der Waals surface area contributed by atoms with Gasteiger partial charge in [-0.1, -0.05) is 37.0 Å². The number of nitrogens with one attached hydrogen (secondary N) is 2. The van der Waals surface area contributed by atoms with E-state index in [2.05, 4.69) is 45.5 Å². The van der Waals surface area contributed by atoms with E-state index in [1.165, 1.54) is 0 Å². The number of anilines is 1. The predicted molar refractivity (Wildman–Crippen MR) is 82.2 cm³/mol. The highest BCUT2D eigenvalue weighted by molar-refractivity contribution is 9.10. The van der Waals surface area contributed by atoms with Gasteiger partial charge in [-0.25, -0.2) is 5.84 Å². The molecule has 100 valence electrons. The lowest BCUT2D eigenvalue weighted by Gasteiger charge is -2.12. The average molecular weight is 354 g/mol. The fourth-order valence-electron chi connectivity index (χ4n) is 1.15. The summed E-state index contributed by atoms with van der Waals surface area (Å²) in [5.41, 5.74) is 3.14. The number of nitrogens with zero attached hydrogens (tertiary/aromatic N) is 1. The fourth-order valence-corrected chi connectivity index (χ4v) is 1.97. The number of guanidine groups is 1. The molecule has 1 aromatic rings. The SMILES string of the molecule is CC(C)CN=C(NN)Nc1ccc(Br)c(Cl)c1Cl. The van der Waals surface area contributed by atoms with Crippen molar-refractivity contribution in [3.05, 3.63) is 26.7 Å². The first kappa shape index (κ1) is 15.6. The third kappa shape index (κ3) is 4.31. The molecule has 0 atom stereocenters. The Balaban J connectivity index is 2.89. The van der Waals surface area contributed by atoms with E-state index in [9.17, 15) is 0 Å². The van der Waals surface area contributed by atoms with Crippen molar-refractivity contribution < 1.29 is 0 Å². The third-order valence-electron chi connectivity index (χ3n) is 2.04.